The average Bonchev–Trinajstić information content (AvgIpc) is 3.00. The van der Waals surface area contributed by atoms with Crippen molar-refractivity contribution in [1.82, 2.24) is 14.3 Å². The number of fused-ring (bicyclic) bond motifs is 1. The number of nitrogens with zero attached hydrogens (tertiary/aromatic N) is 3. The Balaban J connectivity index is 1.78. The molecule has 1 aliphatic rings. The molecule has 4 heteroatoms. The lowest BCUT2D eigenvalue weighted by atomic mass is 9.86. The summed E-state index contributed by atoms with van der Waals surface area (Å²) in [6.07, 6.45) is 5.93. The minimum atomic E-state index is 0.155. The van der Waals surface area contributed by atoms with Gasteiger partial charge in [0.2, 0.25) is 0 Å². The summed E-state index contributed by atoms with van der Waals surface area (Å²) in [7, 11) is 0. The van der Waals surface area contributed by atoms with Gasteiger partial charge in [-0.1, -0.05) is 51.5 Å². The van der Waals surface area contributed by atoms with Crippen molar-refractivity contribution in [3.8, 4) is 11.3 Å². The summed E-state index contributed by atoms with van der Waals surface area (Å²) in [5.41, 5.74) is 12.8. The van der Waals surface area contributed by atoms with Crippen molar-refractivity contribution in [1.29, 1.82) is 0 Å². The highest BCUT2D eigenvalue weighted by Gasteiger charge is 2.20. The van der Waals surface area contributed by atoms with Crippen molar-refractivity contribution < 1.29 is 0 Å². The van der Waals surface area contributed by atoms with Gasteiger partial charge in [-0.25, -0.2) is 4.98 Å². The summed E-state index contributed by atoms with van der Waals surface area (Å²) in [5.74, 6) is 0. The van der Waals surface area contributed by atoms with Crippen LogP contribution >= 0.6 is 0 Å². The van der Waals surface area contributed by atoms with E-state index in [1.54, 1.807) is 0 Å². The topological polar surface area (TPSA) is 46.6 Å². The van der Waals surface area contributed by atoms with Gasteiger partial charge in [0.1, 0.15) is 5.65 Å². The first kappa shape index (κ1) is 18.1. The maximum absolute atomic E-state index is 6.08. The zero-order chi connectivity index (χ0) is 19.0. The van der Waals surface area contributed by atoms with Crippen LogP contribution in [0.4, 0.5) is 5.69 Å². The number of hydrogen-bond acceptors (Lipinski definition) is 3. The van der Waals surface area contributed by atoms with Gasteiger partial charge in [-0.15, -0.1) is 0 Å². The van der Waals surface area contributed by atoms with Crippen LogP contribution in [0.15, 0.2) is 42.6 Å². The van der Waals surface area contributed by atoms with Crippen LogP contribution in [0, 0.1) is 0 Å². The van der Waals surface area contributed by atoms with E-state index in [2.05, 4.69) is 54.3 Å². The molecule has 0 amide bonds. The molecule has 3 heterocycles. The van der Waals surface area contributed by atoms with E-state index in [1.165, 1.54) is 36.1 Å². The number of pyridine rings is 1. The van der Waals surface area contributed by atoms with Crippen LogP contribution in [-0.2, 0) is 12.0 Å². The van der Waals surface area contributed by atoms with Crippen LogP contribution in [-0.4, -0.2) is 27.4 Å². The van der Waals surface area contributed by atoms with Crippen LogP contribution in [0.3, 0.4) is 0 Å². The zero-order valence-corrected chi connectivity index (χ0v) is 16.7. The number of nitrogen functional groups attached to an aromatic ring is 1. The van der Waals surface area contributed by atoms with Gasteiger partial charge in [0.25, 0.3) is 0 Å². The second kappa shape index (κ2) is 7.01. The maximum atomic E-state index is 6.08. The van der Waals surface area contributed by atoms with Crippen molar-refractivity contribution in [3.05, 3.63) is 53.9 Å². The van der Waals surface area contributed by atoms with E-state index in [1.807, 2.05) is 18.3 Å². The lowest BCUT2D eigenvalue weighted by Crippen LogP contribution is -2.29. The first-order valence-corrected chi connectivity index (χ1v) is 10.0. The number of rotatable bonds is 3. The van der Waals surface area contributed by atoms with Gasteiger partial charge in [-0.2, -0.15) is 0 Å². The van der Waals surface area contributed by atoms with Gasteiger partial charge in [0.05, 0.1) is 11.4 Å². The molecule has 0 aliphatic carbocycles. The SMILES string of the molecule is CC(C)(C)c1ccc(-c2nc3ccc(N)cn3c2CN2CCCCC2)cc1. The van der Waals surface area contributed by atoms with E-state index in [4.69, 9.17) is 10.7 Å². The summed E-state index contributed by atoms with van der Waals surface area (Å²) in [6, 6.07) is 12.8. The smallest absolute Gasteiger partial charge is 0.137 e. The van der Waals surface area contributed by atoms with E-state index in [0.717, 1.165) is 36.7 Å². The number of benzene rings is 1. The quantitative estimate of drug-likeness (QED) is 0.723. The first-order valence-electron chi connectivity index (χ1n) is 10.0. The molecule has 3 aromatic rings. The summed E-state index contributed by atoms with van der Waals surface area (Å²) in [5, 5.41) is 0. The molecule has 0 bridgehead atoms. The van der Waals surface area contributed by atoms with Crippen LogP contribution in [0.2, 0.25) is 0 Å². The molecule has 1 saturated heterocycles. The van der Waals surface area contributed by atoms with Crippen molar-refractivity contribution in [2.75, 3.05) is 18.8 Å². The fourth-order valence-electron chi connectivity index (χ4n) is 3.95. The molecule has 1 aliphatic heterocycles. The predicted octanol–water partition coefficient (Wildman–Crippen LogP) is 4.87. The minimum Gasteiger partial charge on any atom is -0.398 e. The highest BCUT2D eigenvalue weighted by Crippen LogP contribution is 2.30. The summed E-state index contributed by atoms with van der Waals surface area (Å²) in [4.78, 5) is 7.51. The number of likely N-dealkylation sites (tertiary alicyclic amines) is 1. The minimum absolute atomic E-state index is 0.155. The molecular weight excluding hydrogens is 332 g/mol. The molecule has 0 spiro atoms. The number of hydrogen-bond donors (Lipinski definition) is 1. The van der Waals surface area contributed by atoms with E-state index in [-0.39, 0.29) is 5.41 Å². The molecule has 142 valence electrons. The number of piperidine rings is 1. The number of imidazole rings is 1. The molecule has 4 nitrogen and oxygen atoms in total. The Labute approximate surface area is 162 Å². The molecule has 0 atom stereocenters. The van der Waals surface area contributed by atoms with Gasteiger partial charge in [0.15, 0.2) is 0 Å². The maximum Gasteiger partial charge on any atom is 0.137 e. The van der Waals surface area contributed by atoms with Crippen molar-refractivity contribution in [3.63, 3.8) is 0 Å². The van der Waals surface area contributed by atoms with Gasteiger partial charge in [-0.05, 0) is 49.0 Å². The first-order chi connectivity index (χ1) is 12.9. The monoisotopic (exact) mass is 362 g/mol. The lowest BCUT2D eigenvalue weighted by Gasteiger charge is -2.26. The van der Waals surface area contributed by atoms with Crippen molar-refractivity contribution in [2.45, 2.75) is 52.0 Å². The Morgan fingerprint density at radius 1 is 0.963 bits per heavy atom. The van der Waals surface area contributed by atoms with Crippen LogP contribution in [0.5, 0.6) is 0 Å². The largest absolute Gasteiger partial charge is 0.398 e. The fraction of sp³-hybridized carbons (Fsp3) is 0.435. The Hall–Kier alpha value is -2.33. The van der Waals surface area contributed by atoms with E-state index in [0.29, 0.717) is 0 Å². The fourth-order valence-corrected chi connectivity index (χ4v) is 3.95. The normalized spacial score (nSPS) is 16.1. The highest BCUT2D eigenvalue weighted by molar-refractivity contribution is 5.68. The molecule has 27 heavy (non-hydrogen) atoms. The van der Waals surface area contributed by atoms with Crippen LogP contribution in [0.25, 0.3) is 16.9 Å². The number of anilines is 1. The third-order valence-electron chi connectivity index (χ3n) is 5.59. The molecule has 2 N–H and O–H groups in total. The number of aromatic nitrogens is 2. The molecular formula is C23H30N4. The standard InChI is InChI=1S/C23H30N4/c1-23(2,3)18-9-7-17(8-10-18)22-20(16-26-13-5-4-6-14-26)27-15-19(24)11-12-21(27)25-22/h7-12,15H,4-6,13-14,16,24H2,1-3H3. The molecule has 2 aromatic heterocycles. The molecule has 1 fully saturated rings. The van der Waals surface area contributed by atoms with E-state index in [9.17, 15) is 0 Å². The van der Waals surface area contributed by atoms with Gasteiger partial charge >= 0.3 is 0 Å². The molecule has 4 rings (SSSR count). The van der Waals surface area contributed by atoms with Crippen LogP contribution < -0.4 is 5.73 Å². The van der Waals surface area contributed by atoms with Gasteiger partial charge in [0, 0.05) is 24.0 Å². The summed E-state index contributed by atoms with van der Waals surface area (Å²) in [6.45, 7) is 9.99. The summed E-state index contributed by atoms with van der Waals surface area (Å²) < 4.78 is 2.18. The van der Waals surface area contributed by atoms with Crippen LogP contribution in [0.1, 0.15) is 51.3 Å². The molecule has 0 radical (unpaired) electrons. The Bertz CT molecular complexity index is 925. The van der Waals surface area contributed by atoms with Gasteiger partial charge < -0.3 is 10.1 Å². The third-order valence-corrected chi connectivity index (χ3v) is 5.59. The summed E-state index contributed by atoms with van der Waals surface area (Å²) >= 11 is 0. The van der Waals surface area contributed by atoms with Crippen molar-refractivity contribution >= 4 is 11.3 Å². The molecule has 0 unspecified atom stereocenters. The highest BCUT2D eigenvalue weighted by atomic mass is 15.2. The molecule has 1 aromatic carbocycles. The Kier molecular flexibility index (Phi) is 4.68. The second-order valence-electron chi connectivity index (χ2n) is 8.76. The number of nitrogens with two attached hydrogens (primary N) is 1. The zero-order valence-electron chi connectivity index (χ0n) is 16.7. The second-order valence-corrected chi connectivity index (χ2v) is 8.76. The average molecular weight is 363 g/mol. The van der Waals surface area contributed by atoms with E-state index < -0.39 is 0 Å². The third kappa shape index (κ3) is 3.72. The molecule has 0 saturated carbocycles. The Morgan fingerprint density at radius 3 is 2.33 bits per heavy atom. The van der Waals surface area contributed by atoms with Crippen molar-refractivity contribution in [2.24, 2.45) is 0 Å². The van der Waals surface area contributed by atoms with E-state index >= 15 is 0 Å². The Morgan fingerprint density at radius 2 is 1.67 bits per heavy atom. The van der Waals surface area contributed by atoms with Gasteiger partial charge in [-0.3, -0.25) is 4.90 Å². The lowest BCUT2D eigenvalue weighted by molar-refractivity contribution is 0.218. The predicted molar refractivity (Wildman–Crippen MR) is 113 cm³/mol.